The van der Waals surface area contributed by atoms with Crippen LogP contribution in [0.15, 0.2) is 30.5 Å². The molecule has 0 spiro atoms. The van der Waals surface area contributed by atoms with Gasteiger partial charge in [0, 0.05) is 23.5 Å². The molecule has 5 heteroatoms. The second kappa shape index (κ2) is 7.10. The van der Waals surface area contributed by atoms with Crippen molar-refractivity contribution in [2.75, 3.05) is 17.2 Å². The van der Waals surface area contributed by atoms with Crippen molar-refractivity contribution in [3.05, 3.63) is 41.0 Å². The standard InChI is InChI=1S/C15H19ClN4/c1-3-4-8-17-14-7-9-18-15(20-14)19-13-6-5-12(16)10-11(13)2/h5-7,9-10H,3-4,8H2,1-2H3,(H2,17,18,19,20). The first kappa shape index (κ1) is 14.6. The molecule has 2 rings (SSSR count). The van der Waals surface area contributed by atoms with E-state index in [4.69, 9.17) is 11.6 Å². The van der Waals surface area contributed by atoms with Gasteiger partial charge in [-0.1, -0.05) is 24.9 Å². The fraction of sp³-hybridized carbons (Fsp3) is 0.333. The second-order valence-electron chi connectivity index (χ2n) is 4.63. The van der Waals surface area contributed by atoms with Crippen molar-refractivity contribution in [3.63, 3.8) is 0 Å². The first-order valence-electron chi connectivity index (χ1n) is 6.79. The molecule has 0 unspecified atom stereocenters. The minimum Gasteiger partial charge on any atom is -0.370 e. The quantitative estimate of drug-likeness (QED) is 0.775. The highest BCUT2D eigenvalue weighted by Gasteiger charge is 2.03. The lowest BCUT2D eigenvalue weighted by molar-refractivity contribution is 0.830. The van der Waals surface area contributed by atoms with E-state index in [1.807, 2.05) is 31.2 Å². The van der Waals surface area contributed by atoms with E-state index in [1.54, 1.807) is 6.20 Å². The molecule has 0 aliphatic rings. The third kappa shape index (κ3) is 4.10. The van der Waals surface area contributed by atoms with Crippen LogP contribution in [0.25, 0.3) is 0 Å². The lowest BCUT2D eigenvalue weighted by Crippen LogP contribution is -2.05. The number of nitrogens with one attached hydrogen (secondary N) is 2. The van der Waals surface area contributed by atoms with E-state index < -0.39 is 0 Å². The molecule has 20 heavy (non-hydrogen) atoms. The molecular formula is C15H19ClN4. The van der Waals surface area contributed by atoms with Crippen LogP contribution >= 0.6 is 11.6 Å². The van der Waals surface area contributed by atoms with Crippen LogP contribution in [0.1, 0.15) is 25.3 Å². The Morgan fingerprint density at radius 1 is 1.25 bits per heavy atom. The molecule has 0 fully saturated rings. The number of anilines is 3. The van der Waals surface area contributed by atoms with Crippen molar-refractivity contribution in [2.24, 2.45) is 0 Å². The van der Waals surface area contributed by atoms with Crippen LogP contribution in [0, 0.1) is 6.92 Å². The maximum absolute atomic E-state index is 5.95. The number of benzene rings is 1. The summed E-state index contributed by atoms with van der Waals surface area (Å²) < 4.78 is 0. The van der Waals surface area contributed by atoms with Crippen molar-refractivity contribution in [3.8, 4) is 0 Å². The Hall–Kier alpha value is -1.81. The van der Waals surface area contributed by atoms with E-state index in [1.165, 1.54) is 0 Å². The van der Waals surface area contributed by atoms with Crippen LogP contribution in [-0.2, 0) is 0 Å². The van der Waals surface area contributed by atoms with Crippen LogP contribution < -0.4 is 10.6 Å². The normalized spacial score (nSPS) is 10.3. The summed E-state index contributed by atoms with van der Waals surface area (Å²) in [6.07, 6.45) is 4.03. The van der Waals surface area contributed by atoms with E-state index in [0.29, 0.717) is 5.95 Å². The lowest BCUT2D eigenvalue weighted by atomic mass is 10.2. The Morgan fingerprint density at radius 3 is 2.85 bits per heavy atom. The fourth-order valence-electron chi connectivity index (χ4n) is 1.80. The SMILES string of the molecule is CCCCNc1ccnc(Nc2ccc(Cl)cc2C)n1. The summed E-state index contributed by atoms with van der Waals surface area (Å²) in [5, 5.41) is 7.22. The first-order chi connectivity index (χ1) is 9.69. The van der Waals surface area contributed by atoms with E-state index in [0.717, 1.165) is 41.5 Å². The molecule has 0 radical (unpaired) electrons. The van der Waals surface area contributed by atoms with Crippen LogP contribution in [0.3, 0.4) is 0 Å². The third-order valence-electron chi connectivity index (χ3n) is 2.93. The number of halogens is 1. The van der Waals surface area contributed by atoms with Crippen LogP contribution in [-0.4, -0.2) is 16.5 Å². The summed E-state index contributed by atoms with van der Waals surface area (Å²) in [7, 11) is 0. The maximum atomic E-state index is 5.95. The zero-order valence-electron chi connectivity index (χ0n) is 11.8. The highest BCUT2D eigenvalue weighted by Crippen LogP contribution is 2.22. The molecule has 0 saturated heterocycles. The maximum Gasteiger partial charge on any atom is 0.229 e. The summed E-state index contributed by atoms with van der Waals surface area (Å²) in [6.45, 7) is 5.09. The van der Waals surface area contributed by atoms with E-state index in [9.17, 15) is 0 Å². The summed E-state index contributed by atoms with van der Waals surface area (Å²) in [5.74, 6) is 1.42. The summed E-state index contributed by atoms with van der Waals surface area (Å²) in [5.41, 5.74) is 2.02. The number of hydrogen-bond donors (Lipinski definition) is 2. The average molecular weight is 291 g/mol. The molecule has 0 aliphatic heterocycles. The molecule has 0 aliphatic carbocycles. The molecule has 0 atom stereocenters. The van der Waals surface area contributed by atoms with Gasteiger partial charge in [-0.3, -0.25) is 0 Å². The second-order valence-corrected chi connectivity index (χ2v) is 5.07. The molecular weight excluding hydrogens is 272 g/mol. The van der Waals surface area contributed by atoms with Gasteiger partial charge in [-0.15, -0.1) is 0 Å². The van der Waals surface area contributed by atoms with Crippen molar-refractivity contribution in [2.45, 2.75) is 26.7 Å². The summed E-state index contributed by atoms with van der Waals surface area (Å²) >= 11 is 5.95. The van der Waals surface area contributed by atoms with Crippen LogP contribution in [0.4, 0.5) is 17.5 Å². The van der Waals surface area contributed by atoms with Gasteiger partial charge in [-0.25, -0.2) is 4.98 Å². The Labute approximate surface area is 124 Å². The Morgan fingerprint density at radius 2 is 2.10 bits per heavy atom. The zero-order chi connectivity index (χ0) is 14.4. The minimum absolute atomic E-state index is 0.580. The van der Waals surface area contributed by atoms with Gasteiger partial charge in [0.1, 0.15) is 5.82 Å². The minimum atomic E-state index is 0.580. The highest BCUT2D eigenvalue weighted by molar-refractivity contribution is 6.30. The van der Waals surface area contributed by atoms with Crippen LogP contribution in [0.2, 0.25) is 5.02 Å². The summed E-state index contributed by atoms with van der Waals surface area (Å²) in [6, 6.07) is 7.56. The predicted octanol–water partition coefficient (Wildman–Crippen LogP) is 4.39. The molecule has 1 aromatic heterocycles. The lowest BCUT2D eigenvalue weighted by Gasteiger charge is -2.10. The Balaban J connectivity index is 2.07. The van der Waals surface area contributed by atoms with Crippen molar-refractivity contribution >= 4 is 29.1 Å². The van der Waals surface area contributed by atoms with Gasteiger partial charge in [-0.05, 0) is 43.2 Å². The van der Waals surface area contributed by atoms with Gasteiger partial charge in [0.25, 0.3) is 0 Å². The average Bonchev–Trinajstić information content (AvgIpc) is 2.43. The molecule has 106 valence electrons. The van der Waals surface area contributed by atoms with Crippen molar-refractivity contribution in [1.82, 2.24) is 9.97 Å². The number of rotatable bonds is 6. The smallest absolute Gasteiger partial charge is 0.229 e. The largest absolute Gasteiger partial charge is 0.370 e. The number of nitrogens with zero attached hydrogens (tertiary/aromatic N) is 2. The van der Waals surface area contributed by atoms with Crippen LogP contribution in [0.5, 0.6) is 0 Å². The van der Waals surface area contributed by atoms with Gasteiger partial charge in [-0.2, -0.15) is 4.98 Å². The third-order valence-corrected chi connectivity index (χ3v) is 3.16. The Bertz CT molecular complexity index is 572. The number of hydrogen-bond acceptors (Lipinski definition) is 4. The van der Waals surface area contributed by atoms with Gasteiger partial charge in [0.15, 0.2) is 0 Å². The molecule has 0 amide bonds. The molecule has 4 nitrogen and oxygen atoms in total. The molecule has 2 aromatic rings. The molecule has 1 heterocycles. The van der Waals surface area contributed by atoms with E-state index in [2.05, 4.69) is 27.5 Å². The van der Waals surface area contributed by atoms with Gasteiger partial charge < -0.3 is 10.6 Å². The highest BCUT2D eigenvalue weighted by atomic mass is 35.5. The molecule has 0 saturated carbocycles. The number of aromatic nitrogens is 2. The van der Waals surface area contributed by atoms with E-state index in [-0.39, 0.29) is 0 Å². The van der Waals surface area contributed by atoms with Gasteiger partial charge in [0.2, 0.25) is 5.95 Å². The monoisotopic (exact) mass is 290 g/mol. The predicted molar refractivity (Wildman–Crippen MR) is 84.9 cm³/mol. The fourth-order valence-corrected chi connectivity index (χ4v) is 2.03. The van der Waals surface area contributed by atoms with Gasteiger partial charge in [0.05, 0.1) is 0 Å². The summed E-state index contributed by atoms with van der Waals surface area (Å²) in [4.78, 5) is 8.67. The van der Waals surface area contributed by atoms with Crippen molar-refractivity contribution in [1.29, 1.82) is 0 Å². The molecule has 2 N–H and O–H groups in total. The topological polar surface area (TPSA) is 49.8 Å². The Kier molecular flexibility index (Phi) is 5.18. The molecule has 1 aromatic carbocycles. The van der Waals surface area contributed by atoms with E-state index >= 15 is 0 Å². The molecule has 0 bridgehead atoms. The first-order valence-corrected chi connectivity index (χ1v) is 7.17. The van der Waals surface area contributed by atoms with Gasteiger partial charge >= 0.3 is 0 Å². The zero-order valence-corrected chi connectivity index (χ0v) is 12.5. The number of aryl methyl sites for hydroxylation is 1. The number of unbranched alkanes of at least 4 members (excludes halogenated alkanes) is 1. The van der Waals surface area contributed by atoms with Crippen molar-refractivity contribution < 1.29 is 0 Å².